The third-order valence-electron chi connectivity index (χ3n) is 3.77. The molecule has 3 aromatic carbocycles. The maximum absolute atomic E-state index is 12.6. The molecule has 148 valence electrons. The van der Waals surface area contributed by atoms with Crippen LogP contribution >= 0.6 is 0 Å². The number of benzene rings is 3. The SMILES string of the molecule is CCOc1ccc(/C=N/NC(=O)C(Oc2ccccc2)Oc2ccccc2)cc1. The maximum atomic E-state index is 12.6. The van der Waals surface area contributed by atoms with E-state index in [0.29, 0.717) is 18.1 Å². The van der Waals surface area contributed by atoms with Crippen LogP contribution in [0.1, 0.15) is 12.5 Å². The Balaban J connectivity index is 1.65. The molecule has 0 saturated carbocycles. The van der Waals surface area contributed by atoms with E-state index in [1.54, 1.807) is 24.3 Å². The molecule has 0 spiro atoms. The smallest absolute Gasteiger partial charge is 0.323 e. The molecule has 0 aromatic heterocycles. The number of amides is 1. The number of hydrogen-bond acceptors (Lipinski definition) is 5. The zero-order valence-electron chi connectivity index (χ0n) is 16.0. The standard InChI is InChI=1S/C23H22N2O4/c1-2-27-19-15-13-18(14-16-19)17-24-25-22(26)23(28-20-9-5-3-6-10-20)29-21-11-7-4-8-12-21/h3-17,23H,2H2,1H3,(H,25,26)/b24-17+. The van der Waals surface area contributed by atoms with Crippen molar-refractivity contribution in [3.8, 4) is 17.2 Å². The number of carbonyl (C=O) groups is 1. The molecule has 0 radical (unpaired) electrons. The highest BCUT2D eigenvalue weighted by Gasteiger charge is 2.22. The van der Waals surface area contributed by atoms with Crippen molar-refractivity contribution < 1.29 is 19.0 Å². The van der Waals surface area contributed by atoms with Crippen LogP contribution in [0.15, 0.2) is 90.0 Å². The lowest BCUT2D eigenvalue weighted by atomic mass is 10.2. The van der Waals surface area contributed by atoms with Crippen molar-refractivity contribution in [2.45, 2.75) is 13.2 Å². The molecule has 3 rings (SSSR count). The van der Waals surface area contributed by atoms with Gasteiger partial charge in [0.25, 0.3) is 0 Å². The monoisotopic (exact) mass is 390 g/mol. The molecule has 1 N–H and O–H groups in total. The summed E-state index contributed by atoms with van der Waals surface area (Å²) >= 11 is 0. The predicted octanol–water partition coefficient (Wildman–Crippen LogP) is 4.02. The Hall–Kier alpha value is -3.80. The van der Waals surface area contributed by atoms with E-state index < -0.39 is 12.2 Å². The topological polar surface area (TPSA) is 69.2 Å². The van der Waals surface area contributed by atoms with E-state index in [2.05, 4.69) is 10.5 Å². The lowest BCUT2D eigenvalue weighted by molar-refractivity contribution is -0.140. The summed E-state index contributed by atoms with van der Waals surface area (Å²) in [5.74, 6) is 1.28. The van der Waals surface area contributed by atoms with Crippen molar-refractivity contribution >= 4 is 12.1 Å². The molecule has 0 saturated heterocycles. The van der Waals surface area contributed by atoms with E-state index in [-0.39, 0.29) is 0 Å². The number of nitrogens with zero attached hydrogens (tertiary/aromatic N) is 1. The predicted molar refractivity (Wildman–Crippen MR) is 111 cm³/mol. The largest absolute Gasteiger partial charge is 0.494 e. The van der Waals surface area contributed by atoms with E-state index in [4.69, 9.17) is 14.2 Å². The van der Waals surface area contributed by atoms with Gasteiger partial charge in [0, 0.05) is 0 Å². The Kier molecular flexibility index (Phi) is 7.23. The van der Waals surface area contributed by atoms with Crippen molar-refractivity contribution in [1.29, 1.82) is 0 Å². The maximum Gasteiger partial charge on any atom is 0.323 e. The summed E-state index contributed by atoms with van der Waals surface area (Å²) in [7, 11) is 0. The van der Waals surface area contributed by atoms with E-state index in [1.807, 2.05) is 67.6 Å². The second kappa shape index (κ2) is 10.5. The van der Waals surface area contributed by atoms with Crippen LogP contribution in [-0.2, 0) is 4.79 Å². The van der Waals surface area contributed by atoms with Gasteiger partial charge in [0.2, 0.25) is 0 Å². The third kappa shape index (κ3) is 6.39. The molecule has 0 aliphatic carbocycles. The van der Waals surface area contributed by atoms with Crippen LogP contribution in [0.2, 0.25) is 0 Å². The second-order valence-electron chi connectivity index (χ2n) is 5.93. The number of nitrogens with one attached hydrogen (secondary N) is 1. The Bertz CT molecular complexity index is 871. The Morgan fingerprint density at radius 1 is 0.862 bits per heavy atom. The molecule has 0 aliphatic rings. The van der Waals surface area contributed by atoms with Crippen molar-refractivity contribution in [3.05, 3.63) is 90.5 Å². The van der Waals surface area contributed by atoms with Gasteiger partial charge in [0.15, 0.2) is 0 Å². The lowest BCUT2D eigenvalue weighted by Crippen LogP contribution is -2.40. The fraction of sp³-hybridized carbons (Fsp3) is 0.130. The molecule has 6 nitrogen and oxygen atoms in total. The molecular formula is C23H22N2O4. The zero-order chi connectivity index (χ0) is 20.3. The van der Waals surface area contributed by atoms with Crippen LogP contribution < -0.4 is 19.6 Å². The summed E-state index contributed by atoms with van der Waals surface area (Å²) in [5.41, 5.74) is 3.28. The lowest BCUT2D eigenvalue weighted by Gasteiger charge is -2.18. The fourth-order valence-corrected chi connectivity index (χ4v) is 2.42. The molecule has 3 aromatic rings. The molecule has 1 amide bonds. The van der Waals surface area contributed by atoms with Crippen molar-refractivity contribution in [1.82, 2.24) is 5.43 Å². The minimum Gasteiger partial charge on any atom is -0.494 e. The van der Waals surface area contributed by atoms with Gasteiger partial charge in [-0.25, -0.2) is 5.43 Å². The van der Waals surface area contributed by atoms with Gasteiger partial charge < -0.3 is 14.2 Å². The van der Waals surface area contributed by atoms with Gasteiger partial charge in [0.1, 0.15) is 17.2 Å². The van der Waals surface area contributed by atoms with Crippen LogP contribution in [-0.4, -0.2) is 25.0 Å². The van der Waals surface area contributed by atoms with Crippen LogP contribution in [0.5, 0.6) is 17.2 Å². The average molecular weight is 390 g/mol. The Morgan fingerprint density at radius 3 is 1.93 bits per heavy atom. The van der Waals surface area contributed by atoms with Gasteiger partial charge in [-0.2, -0.15) is 5.10 Å². The summed E-state index contributed by atoms with van der Waals surface area (Å²) in [4.78, 5) is 12.6. The minimum absolute atomic E-state index is 0.513. The van der Waals surface area contributed by atoms with Crippen LogP contribution in [0, 0.1) is 0 Å². The van der Waals surface area contributed by atoms with Gasteiger partial charge in [-0.05, 0) is 61.0 Å². The molecule has 0 fully saturated rings. The quantitative estimate of drug-likeness (QED) is 0.340. The molecule has 29 heavy (non-hydrogen) atoms. The molecule has 0 heterocycles. The molecule has 0 aliphatic heterocycles. The third-order valence-corrected chi connectivity index (χ3v) is 3.77. The summed E-state index contributed by atoms with van der Waals surface area (Å²) < 4.78 is 16.8. The van der Waals surface area contributed by atoms with Gasteiger partial charge >= 0.3 is 12.2 Å². The number of ether oxygens (including phenoxy) is 3. The summed E-state index contributed by atoms with van der Waals surface area (Å²) in [5, 5.41) is 4.00. The van der Waals surface area contributed by atoms with Crippen LogP contribution in [0.3, 0.4) is 0 Å². The first-order valence-corrected chi connectivity index (χ1v) is 9.24. The number of rotatable bonds is 9. The van der Waals surface area contributed by atoms with E-state index in [0.717, 1.165) is 11.3 Å². The zero-order valence-corrected chi connectivity index (χ0v) is 16.0. The van der Waals surface area contributed by atoms with Gasteiger partial charge in [-0.3, -0.25) is 4.79 Å². The first kappa shape index (κ1) is 19.9. The highest BCUT2D eigenvalue weighted by atomic mass is 16.7. The summed E-state index contributed by atoms with van der Waals surface area (Å²) in [6, 6.07) is 25.4. The first-order chi connectivity index (χ1) is 14.2. The highest BCUT2D eigenvalue weighted by Crippen LogP contribution is 2.16. The Morgan fingerprint density at radius 2 is 1.41 bits per heavy atom. The van der Waals surface area contributed by atoms with Crippen molar-refractivity contribution in [3.63, 3.8) is 0 Å². The highest BCUT2D eigenvalue weighted by molar-refractivity contribution is 5.84. The van der Waals surface area contributed by atoms with Crippen molar-refractivity contribution in [2.24, 2.45) is 5.10 Å². The van der Waals surface area contributed by atoms with Crippen LogP contribution in [0.4, 0.5) is 0 Å². The van der Waals surface area contributed by atoms with Crippen molar-refractivity contribution in [2.75, 3.05) is 6.61 Å². The van der Waals surface area contributed by atoms with Gasteiger partial charge in [-0.1, -0.05) is 36.4 Å². The number of para-hydroxylation sites is 2. The Labute approximate surface area is 169 Å². The summed E-state index contributed by atoms with van der Waals surface area (Å²) in [6.45, 7) is 2.53. The number of hydrazone groups is 1. The fourth-order valence-electron chi connectivity index (χ4n) is 2.42. The molecule has 0 bridgehead atoms. The van der Waals surface area contributed by atoms with Gasteiger partial charge in [0.05, 0.1) is 12.8 Å². The van der Waals surface area contributed by atoms with E-state index >= 15 is 0 Å². The van der Waals surface area contributed by atoms with E-state index in [1.165, 1.54) is 6.21 Å². The minimum atomic E-state index is -1.20. The normalized spacial score (nSPS) is 10.7. The second-order valence-corrected chi connectivity index (χ2v) is 5.93. The molecule has 0 unspecified atom stereocenters. The number of carbonyl (C=O) groups excluding carboxylic acids is 1. The summed E-state index contributed by atoms with van der Waals surface area (Å²) in [6.07, 6.45) is 0.340. The first-order valence-electron chi connectivity index (χ1n) is 9.24. The number of hydrogen-bond donors (Lipinski definition) is 1. The average Bonchev–Trinajstić information content (AvgIpc) is 2.76. The van der Waals surface area contributed by atoms with Gasteiger partial charge in [-0.15, -0.1) is 0 Å². The molecule has 0 atom stereocenters. The van der Waals surface area contributed by atoms with E-state index in [9.17, 15) is 4.79 Å². The van der Waals surface area contributed by atoms with Crippen LogP contribution in [0.25, 0.3) is 0 Å². The molecule has 6 heteroatoms. The molecular weight excluding hydrogens is 368 g/mol.